The summed E-state index contributed by atoms with van der Waals surface area (Å²) in [6.45, 7) is 0. The highest BCUT2D eigenvalue weighted by atomic mass is 15.0. The zero-order valence-corrected chi connectivity index (χ0v) is 21.7. The first-order valence-corrected chi connectivity index (χ1v) is 13.7. The summed E-state index contributed by atoms with van der Waals surface area (Å²) < 4.78 is 2.43. The molecule has 0 bridgehead atoms. The lowest BCUT2D eigenvalue weighted by Gasteiger charge is -2.16. The molecule has 0 amide bonds. The lowest BCUT2D eigenvalue weighted by atomic mass is 9.90. The van der Waals surface area contributed by atoms with Gasteiger partial charge >= 0.3 is 0 Å². The van der Waals surface area contributed by atoms with Crippen LogP contribution in [0.4, 0.5) is 0 Å². The van der Waals surface area contributed by atoms with Crippen LogP contribution in [0, 0.1) is 0 Å². The average molecular weight is 510 g/mol. The fraction of sp³-hybridized carbons (Fsp3) is 0.0270. The summed E-state index contributed by atoms with van der Waals surface area (Å²) in [5, 5.41) is 7.58. The molecule has 0 unspecified atom stereocenters. The molecule has 3 heterocycles. The average Bonchev–Trinajstić information content (AvgIpc) is 3.35. The molecule has 1 aliphatic rings. The number of rotatable bonds is 2. The van der Waals surface area contributed by atoms with Gasteiger partial charge in [0, 0.05) is 39.6 Å². The van der Waals surface area contributed by atoms with Crippen LogP contribution in [0.3, 0.4) is 0 Å². The largest absolute Gasteiger partial charge is 0.309 e. The molecular formula is C37H23N3. The van der Waals surface area contributed by atoms with Crippen molar-refractivity contribution in [3.8, 4) is 16.8 Å². The maximum absolute atomic E-state index is 4.70. The second kappa shape index (κ2) is 8.11. The molecule has 1 aliphatic carbocycles. The Morgan fingerprint density at radius 2 is 1.40 bits per heavy atom. The zero-order valence-electron chi connectivity index (χ0n) is 21.7. The van der Waals surface area contributed by atoms with Gasteiger partial charge in [-0.3, -0.25) is 9.97 Å². The van der Waals surface area contributed by atoms with Gasteiger partial charge in [0.25, 0.3) is 0 Å². The SMILES string of the molecule is C1=Cc2cccc3cc4c(c(c23)C1)c1ccccc1n4-c1ccc(-c2cc3cccnc3c3ncccc23)cc1. The third-order valence-corrected chi connectivity index (χ3v) is 8.45. The van der Waals surface area contributed by atoms with Crippen LogP contribution in [-0.4, -0.2) is 14.5 Å². The van der Waals surface area contributed by atoms with E-state index in [1.807, 2.05) is 24.5 Å². The minimum absolute atomic E-state index is 0.941. The van der Waals surface area contributed by atoms with Crippen molar-refractivity contribution in [3.05, 3.63) is 133 Å². The van der Waals surface area contributed by atoms with Gasteiger partial charge in [0.15, 0.2) is 0 Å². The normalized spacial score (nSPS) is 12.8. The van der Waals surface area contributed by atoms with Gasteiger partial charge in [-0.25, -0.2) is 0 Å². The van der Waals surface area contributed by atoms with Gasteiger partial charge < -0.3 is 4.57 Å². The van der Waals surface area contributed by atoms with E-state index >= 15 is 0 Å². The Bertz CT molecular complexity index is 2340. The van der Waals surface area contributed by atoms with E-state index in [1.165, 1.54) is 54.8 Å². The molecule has 3 heteroatoms. The third-order valence-electron chi connectivity index (χ3n) is 8.45. The number of nitrogens with zero attached hydrogens (tertiary/aromatic N) is 3. The third kappa shape index (κ3) is 2.95. The number of aromatic nitrogens is 3. The van der Waals surface area contributed by atoms with Gasteiger partial charge in [0.1, 0.15) is 0 Å². The van der Waals surface area contributed by atoms with Crippen molar-refractivity contribution in [2.45, 2.75) is 6.42 Å². The highest BCUT2D eigenvalue weighted by molar-refractivity contribution is 6.18. The molecule has 3 aromatic heterocycles. The molecule has 3 nitrogen and oxygen atoms in total. The molecule has 0 saturated carbocycles. The summed E-state index contributed by atoms with van der Waals surface area (Å²) in [6, 6.07) is 37.3. The summed E-state index contributed by atoms with van der Waals surface area (Å²) in [6.07, 6.45) is 9.21. The lowest BCUT2D eigenvalue weighted by molar-refractivity contribution is 1.18. The van der Waals surface area contributed by atoms with Gasteiger partial charge in [-0.2, -0.15) is 0 Å². The Kier molecular flexibility index (Phi) is 4.39. The first-order valence-electron chi connectivity index (χ1n) is 13.7. The number of hydrogen-bond donors (Lipinski definition) is 0. The van der Waals surface area contributed by atoms with E-state index in [0.717, 1.165) is 33.9 Å². The van der Waals surface area contributed by atoms with Gasteiger partial charge in [0.05, 0.1) is 22.1 Å². The highest BCUT2D eigenvalue weighted by Gasteiger charge is 2.20. The summed E-state index contributed by atoms with van der Waals surface area (Å²) in [5.74, 6) is 0. The van der Waals surface area contributed by atoms with E-state index in [0.29, 0.717) is 0 Å². The number of para-hydroxylation sites is 1. The molecule has 40 heavy (non-hydrogen) atoms. The number of benzene rings is 5. The zero-order chi connectivity index (χ0) is 26.2. The summed E-state index contributed by atoms with van der Waals surface area (Å²) in [5.41, 5.74) is 10.6. The Labute approximate surface area is 230 Å². The predicted octanol–water partition coefficient (Wildman–Crippen LogP) is 9.27. The van der Waals surface area contributed by atoms with Crippen molar-refractivity contribution in [1.29, 1.82) is 0 Å². The van der Waals surface area contributed by atoms with E-state index in [2.05, 4.69) is 113 Å². The molecule has 0 spiro atoms. The van der Waals surface area contributed by atoms with Crippen molar-refractivity contribution in [2.24, 2.45) is 0 Å². The Morgan fingerprint density at radius 3 is 2.33 bits per heavy atom. The van der Waals surface area contributed by atoms with Crippen LogP contribution in [0.25, 0.3) is 77.3 Å². The van der Waals surface area contributed by atoms with Crippen molar-refractivity contribution in [2.75, 3.05) is 0 Å². The molecule has 9 rings (SSSR count). The molecule has 0 radical (unpaired) electrons. The van der Waals surface area contributed by atoms with Crippen LogP contribution in [0.15, 0.2) is 122 Å². The van der Waals surface area contributed by atoms with Crippen molar-refractivity contribution < 1.29 is 0 Å². The van der Waals surface area contributed by atoms with Crippen molar-refractivity contribution in [3.63, 3.8) is 0 Å². The Morgan fingerprint density at radius 1 is 0.600 bits per heavy atom. The lowest BCUT2D eigenvalue weighted by Crippen LogP contribution is -1.97. The second-order valence-electron chi connectivity index (χ2n) is 10.6. The number of hydrogen-bond acceptors (Lipinski definition) is 2. The standard InChI is InChI=1S/C37H23N3/c1-2-14-32-29(11-1)35-30-12-4-8-24-7-3-9-25(34(24)30)22-33(35)40(32)27-17-15-23(16-18-27)31-21-26-10-5-19-38-36(26)37-28(31)13-6-20-39-37/h1-11,13-22H,12H2. The number of pyridine rings is 2. The van der Waals surface area contributed by atoms with Crippen LogP contribution in [0.2, 0.25) is 0 Å². The van der Waals surface area contributed by atoms with Gasteiger partial charge in [0.2, 0.25) is 0 Å². The monoisotopic (exact) mass is 509 g/mol. The molecule has 0 saturated heterocycles. The maximum Gasteiger partial charge on any atom is 0.0970 e. The van der Waals surface area contributed by atoms with Crippen molar-refractivity contribution in [1.82, 2.24) is 14.5 Å². The summed E-state index contributed by atoms with van der Waals surface area (Å²) in [4.78, 5) is 9.33. The first kappa shape index (κ1) is 21.6. The molecule has 0 fully saturated rings. The topological polar surface area (TPSA) is 30.7 Å². The minimum Gasteiger partial charge on any atom is -0.309 e. The molecule has 0 aliphatic heterocycles. The van der Waals surface area contributed by atoms with Gasteiger partial charge in [-0.05, 0) is 81.9 Å². The van der Waals surface area contributed by atoms with Gasteiger partial charge in [-0.1, -0.05) is 72.8 Å². The molecule has 0 atom stereocenters. The van der Waals surface area contributed by atoms with Crippen molar-refractivity contribution >= 4 is 60.5 Å². The quantitative estimate of drug-likeness (QED) is 0.217. The number of fused-ring (bicyclic) bond motifs is 7. The Hall–Kier alpha value is -5.28. The van der Waals surface area contributed by atoms with E-state index < -0.39 is 0 Å². The van der Waals surface area contributed by atoms with E-state index in [-0.39, 0.29) is 0 Å². The minimum atomic E-state index is 0.941. The molecule has 8 aromatic rings. The fourth-order valence-electron chi connectivity index (χ4n) is 6.77. The maximum atomic E-state index is 4.70. The van der Waals surface area contributed by atoms with E-state index in [9.17, 15) is 0 Å². The van der Waals surface area contributed by atoms with Gasteiger partial charge in [-0.15, -0.1) is 0 Å². The van der Waals surface area contributed by atoms with E-state index in [4.69, 9.17) is 4.98 Å². The Balaban J connectivity index is 1.29. The van der Waals surface area contributed by atoms with Crippen LogP contribution in [0.1, 0.15) is 11.1 Å². The summed E-state index contributed by atoms with van der Waals surface area (Å²) in [7, 11) is 0. The molecule has 186 valence electrons. The number of allylic oxidation sites excluding steroid dienone is 1. The smallest absolute Gasteiger partial charge is 0.0970 e. The predicted molar refractivity (Wildman–Crippen MR) is 167 cm³/mol. The van der Waals surface area contributed by atoms with E-state index in [1.54, 1.807) is 0 Å². The molecule has 0 N–H and O–H groups in total. The van der Waals surface area contributed by atoms with Crippen LogP contribution in [0.5, 0.6) is 0 Å². The summed E-state index contributed by atoms with van der Waals surface area (Å²) >= 11 is 0. The molecule has 5 aromatic carbocycles. The first-order chi connectivity index (χ1) is 19.8. The van der Waals surface area contributed by atoms with Crippen LogP contribution >= 0.6 is 0 Å². The van der Waals surface area contributed by atoms with Crippen LogP contribution in [-0.2, 0) is 6.42 Å². The highest BCUT2D eigenvalue weighted by Crippen LogP contribution is 2.41. The fourth-order valence-corrected chi connectivity index (χ4v) is 6.77. The second-order valence-corrected chi connectivity index (χ2v) is 10.6. The molecular weight excluding hydrogens is 486 g/mol. The van der Waals surface area contributed by atoms with Crippen LogP contribution < -0.4 is 0 Å².